The average molecular weight is 355 g/mol. The molecule has 3 rings (SSSR count). The molecular formula is C15H13BrF2N2O. The van der Waals surface area contributed by atoms with Crippen molar-refractivity contribution in [1.29, 1.82) is 0 Å². The molecule has 110 valence electrons. The fourth-order valence-electron chi connectivity index (χ4n) is 1.93. The Balaban J connectivity index is 1.82. The number of nitrogens with zero attached hydrogens (tertiary/aromatic N) is 1. The van der Waals surface area contributed by atoms with E-state index >= 15 is 0 Å². The number of aromatic nitrogens is 1. The third-order valence-electron chi connectivity index (χ3n) is 3.10. The predicted molar refractivity (Wildman–Crippen MR) is 78.2 cm³/mol. The Hall–Kier alpha value is -1.53. The van der Waals surface area contributed by atoms with Crippen LogP contribution in [0.4, 0.5) is 8.78 Å². The van der Waals surface area contributed by atoms with Crippen molar-refractivity contribution in [2.75, 3.05) is 0 Å². The summed E-state index contributed by atoms with van der Waals surface area (Å²) in [4.78, 5) is 4.18. The summed E-state index contributed by atoms with van der Waals surface area (Å²) in [6.45, 7) is 0.601. The lowest BCUT2D eigenvalue weighted by atomic mass is 10.2. The molecule has 3 nitrogen and oxygen atoms in total. The van der Waals surface area contributed by atoms with E-state index in [1.165, 1.54) is 12.8 Å². The number of rotatable bonds is 5. The standard InChI is InChI=1S/C15H13BrF2N2O/c16-10-3-9(7-19-13-1-2-13)15(20-8-10)21-14-5-11(17)4-12(18)6-14/h3-6,8,13,19H,1-2,7H2. The molecule has 21 heavy (non-hydrogen) atoms. The van der Waals surface area contributed by atoms with Crippen molar-refractivity contribution >= 4 is 15.9 Å². The molecule has 2 aromatic rings. The van der Waals surface area contributed by atoms with E-state index in [1.807, 2.05) is 6.07 Å². The maximum Gasteiger partial charge on any atom is 0.223 e. The van der Waals surface area contributed by atoms with Gasteiger partial charge in [0.15, 0.2) is 0 Å². The molecule has 0 unspecified atom stereocenters. The van der Waals surface area contributed by atoms with Crippen LogP contribution in [0.25, 0.3) is 0 Å². The van der Waals surface area contributed by atoms with E-state index < -0.39 is 11.6 Å². The fourth-order valence-corrected chi connectivity index (χ4v) is 2.31. The molecule has 1 aliphatic carbocycles. The van der Waals surface area contributed by atoms with Crippen LogP contribution in [0.5, 0.6) is 11.6 Å². The van der Waals surface area contributed by atoms with Crippen molar-refractivity contribution in [3.8, 4) is 11.6 Å². The van der Waals surface area contributed by atoms with Gasteiger partial charge >= 0.3 is 0 Å². The smallest absolute Gasteiger partial charge is 0.223 e. The van der Waals surface area contributed by atoms with Crippen LogP contribution in [0.15, 0.2) is 34.9 Å². The second kappa shape index (κ2) is 6.07. The number of nitrogens with one attached hydrogen (secondary N) is 1. The molecule has 0 spiro atoms. The van der Waals surface area contributed by atoms with Gasteiger partial charge in [0, 0.05) is 47.0 Å². The summed E-state index contributed by atoms with van der Waals surface area (Å²) in [6.07, 6.45) is 3.94. The van der Waals surface area contributed by atoms with E-state index in [-0.39, 0.29) is 5.75 Å². The molecule has 1 aromatic heterocycles. The number of halogens is 3. The van der Waals surface area contributed by atoms with Crippen molar-refractivity contribution in [1.82, 2.24) is 10.3 Å². The molecule has 1 heterocycles. The van der Waals surface area contributed by atoms with E-state index in [2.05, 4.69) is 26.2 Å². The summed E-state index contributed by atoms with van der Waals surface area (Å²) >= 11 is 3.36. The van der Waals surface area contributed by atoms with Crippen LogP contribution in [0.2, 0.25) is 0 Å². The van der Waals surface area contributed by atoms with Gasteiger partial charge in [0.1, 0.15) is 17.4 Å². The first-order valence-electron chi connectivity index (χ1n) is 6.62. The molecule has 0 aliphatic heterocycles. The Labute approximate surface area is 129 Å². The lowest BCUT2D eigenvalue weighted by Crippen LogP contribution is -2.16. The first-order chi connectivity index (χ1) is 10.1. The number of benzene rings is 1. The lowest BCUT2D eigenvalue weighted by molar-refractivity contribution is 0.442. The van der Waals surface area contributed by atoms with E-state index in [0.717, 1.165) is 28.2 Å². The second-order valence-electron chi connectivity index (χ2n) is 4.98. The Kier molecular flexibility index (Phi) is 4.17. The fraction of sp³-hybridized carbons (Fsp3) is 0.267. The highest BCUT2D eigenvalue weighted by molar-refractivity contribution is 9.10. The van der Waals surface area contributed by atoms with Crippen molar-refractivity contribution < 1.29 is 13.5 Å². The molecule has 6 heteroatoms. The van der Waals surface area contributed by atoms with Gasteiger partial charge in [-0.2, -0.15) is 0 Å². The Bertz CT molecular complexity index is 642. The van der Waals surface area contributed by atoms with Crippen LogP contribution in [-0.2, 0) is 6.54 Å². The van der Waals surface area contributed by atoms with E-state index in [1.54, 1.807) is 6.20 Å². The maximum absolute atomic E-state index is 13.2. The van der Waals surface area contributed by atoms with Crippen LogP contribution < -0.4 is 10.1 Å². The highest BCUT2D eigenvalue weighted by Gasteiger charge is 2.21. The molecule has 1 N–H and O–H groups in total. The number of hydrogen-bond acceptors (Lipinski definition) is 3. The third-order valence-corrected chi connectivity index (χ3v) is 3.53. The first-order valence-corrected chi connectivity index (χ1v) is 7.41. The van der Waals surface area contributed by atoms with Gasteiger partial charge in [-0.15, -0.1) is 0 Å². The normalized spacial score (nSPS) is 14.2. The van der Waals surface area contributed by atoms with Gasteiger partial charge in [-0.1, -0.05) is 0 Å². The van der Waals surface area contributed by atoms with Crippen molar-refractivity contribution in [2.24, 2.45) is 0 Å². The molecule has 0 atom stereocenters. The SMILES string of the molecule is Fc1cc(F)cc(Oc2ncc(Br)cc2CNC2CC2)c1. The molecule has 1 aromatic carbocycles. The van der Waals surface area contributed by atoms with E-state index in [4.69, 9.17) is 4.74 Å². The van der Waals surface area contributed by atoms with Crippen molar-refractivity contribution in [3.63, 3.8) is 0 Å². The third kappa shape index (κ3) is 3.98. The summed E-state index contributed by atoms with van der Waals surface area (Å²) < 4.78 is 32.7. The summed E-state index contributed by atoms with van der Waals surface area (Å²) in [6, 6.07) is 5.49. The Morgan fingerprint density at radius 1 is 1.19 bits per heavy atom. The minimum atomic E-state index is -0.681. The van der Waals surface area contributed by atoms with Crippen molar-refractivity contribution in [2.45, 2.75) is 25.4 Å². The summed E-state index contributed by atoms with van der Waals surface area (Å²) in [5.41, 5.74) is 0.834. The predicted octanol–water partition coefficient (Wildman–Crippen LogP) is 4.17. The summed E-state index contributed by atoms with van der Waals surface area (Å²) in [5, 5.41) is 3.36. The monoisotopic (exact) mass is 354 g/mol. The Morgan fingerprint density at radius 3 is 2.57 bits per heavy atom. The van der Waals surface area contributed by atoms with E-state index in [9.17, 15) is 8.78 Å². The van der Waals surface area contributed by atoms with Gasteiger partial charge in [0.05, 0.1) is 0 Å². The number of pyridine rings is 1. The minimum absolute atomic E-state index is 0.0926. The maximum atomic E-state index is 13.2. The molecule has 1 aliphatic rings. The first kappa shape index (κ1) is 14.4. The van der Waals surface area contributed by atoms with Crippen LogP contribution in [0.3, 0.4) is 0 Å². The lowest BCUT2D eigenvalue weighted by Gasteiger charge is -2.11. The van der Waals surface area contributed by atoms with Crippen LogP contribution in [-0.4, -0.2) is 11.0 Å². The molecule has 0 amide bonds. The molecular weight excluding hydrogens is 342 g/mol. The highest BCUT2D eigenvalue weighted by atomic mass is 79.9. The molecule has 0 bridgehead atoms. The van der Waals surface area contributed by atoms with Gasteiger partial charge < -0.3 is 10.1 Å². The molecule has 1 saturated carbocycles. The summed E-state index contributed by atoms with van der Waals surface area (Å²) in [7, 11) is 0. The van der Waals surface area contributed by atoms with Crippen LogP contribution in [0.1, 0.15) is 18.4 Å². The van der Waals surface area contributed by atoms with Crippen molar-refractivity contribution in [3.05, 3.63) is 52.1 Å². The minimum Gasteiger partial charge on any atom is -0.438 e. The van der Waals surface area contributed by atoms with Gasteiger partial charge in [-0.05, 0) is 34.8 Å². The molecule has 0 saturated heterocycles. The molecule has 1 fully saturated rings. The summed E-state index contributed by atoms with van der Waals surface area (Å²) in [5.74, 6) is -0.925. The molecule has 0 radical (unpaired) electrons. The number of hydrogen-bond donors (Lipinski definition) is 1. The highest BCUT2D eigenvalue weighted by Crippen LogP contribution is 2.28. The van der Waals surface area contributed by atoms with Gasteiger partial charge in [0.2, 0.25) is 5.88 Å². The average Bonchev–Trinajstić information content (AvgIpc) is 3.22. The largest absolute Gasteiger partial charge is 0.438 e. The van der Waals surface area contributed by atoms with Gasteiger partial charge in [0.25, 0.3) is 0 Å². The second-order valence-corrected chi connectivity index (χ2v) is 5.90. The van der Waals surface area contributed by atoms with E-state index in [0.29, 0.717) is 18.5 Å². The van der Waals surface area contributed by atoms with Gasteiger partial charge in [-0.25, -0.2) is 13.8 Å². The topological polar surface area (TPSA) is 34.1 Å². The van der Waals surface area contributed by atoms with Crippen LogP contribution >= 0.6 is 15.9 Å². The van der Waals surface area contributed by atoms with Gasteiger partial charge in [-0.3, -0.25) is 0 Å². The zero-order valence-electron chi connectivity index (χ0n) is 11.1. The zero-order chi connectivity index (χ0) is 14.8. The quantitative estimate of drug-likeness (QED) is 0.874. The Morgan fingerprint density at radius 2 is 1.90 bits per heavy atom. The number of ether oxygens (including phenoxy) is 1. The zero-order valence-corrected chi connectivity index (χ0v) is 12.7. The van der Waals surface area contributed by atoms with Crippen LogP contribution in [0, 0.1) is 11.6 Å².